The highest BCUT2D eigenvalue weighted by molar-refractivity contribution is 7.90. The second kappa shape index (κ2) is 8.19. The van der Waals surface area contributed by atoms with Crippen LogP contribution in [0.5, 0.6) is 0 Å². The number of nitrogens with zero attached hydrogens (tertiary/aromatic N) is 2. The Kier molecular flexibility index (Phi) is 5.96. The number of nitrogens with two attached hydrogens (primary N) is 1. The second-order valence-electron chi connectivity index (χ2n) is 8.70. The number of carbonyl (C=O) groups is 1. The van der Waals surface area contributed by atoms with Crippen molar-refractivity contribution in [2.45, 2.75) is 51.5 Å². The van der Waals surface area contributed by atoms with Crippen LogP contribution in [0, 0.1) is 13.8 Å². The predicted octanol–water partition coefficient (Wildman–Crippen LogP) is 3.55. The summed E-state index contributed by atoms with van der Waals surface area (Å²) < 4.78 is 29.1. The van der Waals surface area contributed by atoms with E-state index in [-0.39, 0.29) is 16.0 Å². The summed E-state index contributed by atoms with van der Waals surface area (Å²) >= 11 is 0. The van der Waals surface area contributed by atoms with Gasteiger partial charge in [-0.25, -0.2) is 13.1 Å². The summed E-state index contributed by atoms with van der Waals surface area (Å²) in [6, 6.07) is 13.3. The van der Waals surface area contributed by atoms with Gasteiger partial charge in [-0.2, -0.15) is 5.10 Å². The number of anilines is 1. The first kappa shape index (κ1) is 22.6. The van der Waals surface area contributed by atoms with E-state index in [1.165, 1.54) is 24.3 Å². The molecule has 164 valence electrons. The van der Waals surface area contributed by atoms with Crippen LogP contribution < -0.4 is 10.5 Å². The van der Waals surface area contributed by atoms with Crippen molar-refractivity contribution in [1.82, 2.24) is 14.5 Å². The van der Waals surface area contributed by atoms with Crippen LogP contribution in [-0.2, 0) is 22.0 Å². The Morgan fingerprint density at radius 1 is 1.06 bits per heavy atom. The number of sulfonamides is 1. The van der Waals surface area contributed by atoms with Crippen molar-refractivity contribution in [3.8, 4) is 0 Å². The van der Waals surface area contributed by atoms with E-state index in [1.807, 2.05) is 52.8 Å². The molecule has 8 heteroatoms. The average molecular weight is 441 g/mol. The number of nitrogens with one attached hydrogen (secondary N) is 1. The summed E-state index contributed by atoms with van der Waals surface area (Å²) in [6.45, 7) is 10.3. The lowest BCUT2D eigenvalue weighted by atomic mass is 9.92. The Morgan fingerprint density at radius 2 is 1.65 bits per heavy atom. The Labute approximate surface area is 183 Å². The highest BCUT2D eigenvalue weighted by Crippen LogP contribution is 2.24. The molecule has 3 rings (SSSR count). The molecule has 0 spiro atoms. The number of amides is 1. The molecular weight excluding hydrogens is 412 g/mol. The van der Waals surface area contributed by atoms with Gasteiger partial charge in [-0.3, -0.25) is 9.48 Å². The molecule has 1 amide bonds. The van der Waals surface area contributed by atoms with Crippen LogP contribution in [0.2, 0.25) is 0 Å². The molecular formula is C23H28N4O3S. The minimum absolute atomic E-state index is 0.0353. The average Bonchev–Trinajstić information content (AvgIpc) is 3.09. The molecule has 0 radical (unpaired) electrons. The molecule has 1 aromatic heterocycles. The molecule has 0 unspecified atom stereocenters. The molecule has 1 heterocycles. The topological polar surface area (TPSA) is 107 Å². The van der Waals surface area contributed by atoms with E-state index in [0.29, 0.717) is 17.9 Å². The third kappa shape index (κ3) is 4.96. The van der Waals surface area contributed by atoms with E-state index in [0.717, 1.165) is 16.7 Å². The normalized spacial score (nSPS) is 12.0. The Morgan fingerprint density at radius 3 is 2.19 bits per heavy atom. The number of hydrogen-bond acceptors (Lipinski definition) is 5. The van der Waals surface area contributed by atoms with Crippen LogP contribution in [0.1, 0.15) is 53.6 Å². The van der Waals surface area contributed by atoms with Gasteiger partial charge in [0, 0.05) is 11.1 Å². The zero-order chi connectivity index (χ0) is 23.0. The van der Waals surface area contributed by atoms with Gasteiger partial charge in [0.15, 0.2) is 0 Å². The van der Waals surface area contributed by atoms with Gasteiger partial charge in [0.05, 0.1) is 17.1 Å². The maximum atomic E-state index is 13.0. The van der Waals surface area contributed by atoms with Crippen LogP contribution in [0.15, 0.2) is 53.4 Å². The van der Waals surface area contributed by atoms with E-state index >= 15 is 0 Å². The quantitative estimate of drug-likeness (QED) is 0.590. The molecule has 7 nitrogen and oxygen atoms in total. The van der Waals surface area contributed by atoms with Gasteiger partial charge in [-0.15, -0.1) is 0 Å². The highest BCUT2D eigenvalue weighted by atomic mass is 32.2. The van der Waals surface area contributed by atoms with Crippen molar-refractivity contribution in [3.05, 3.63) is 76.6 Å². The van der Waals surface area contributed by atoms with Gasteiger partial charge < -0.3 is 5.73 Å². The van der Waals surface area contributed by atoms with E-state index in [2.05, 4.69) is 9.82 Å². The van der Waals surface area contributed by atoms with Crippen molar-refractivity contribution in [1.29, 1.82) is 0 Å². The first-order valence-corrected chi connectivity index (χ1v) is 11.4. The number of hydrogen-bond donors (Lipinski definition) is 2. The molecule has 0 fully saturated rings. The van der Waals surface area contributed by atoms with Crippen molar-refractivity contribution >= 4 is 21.6 Å². The number of nitrogen functional groups attached to an aromatic ring is 1. The molecule has 3 N–H and O–H groups in total. The Balaban J connectivity index is 2.00. The third-order valence-corrected chi connectivity index (χ3v) is 6.50. The first-order chi connectivity index (χ1) is 14.4. The lowest BCUT2D eigenvalue weighted by molar-refractivity contribution is 0.0971. The molecule has 0 aliphatic carbocycles. The lowest BCUT2D eigenvalue weighted by Crippen LogP contribution is -2.32. The van der Waals surface area contributed by atoms with Crippen LogP contribution in [0.4, 0.5) is 5.69 Å². The van der Waals surface area contributed by atoms with E-state index < -0.39 is 15.9 Å². The number of rotatable bonds is 5. The molecule has 0 bridgehead atoms. The number of aryl methyl sites for hydroxylation is 2. The van der Waals surface area contributed by atoms with Gasteiger partial charge in [0.25, 0.3) is 15.9 Å². The molecule has 0 saturated heterocycles. The fourth-order valence-electron chi connectivity index (χ4n) is 3.21. The van der Waals surface area contributed by atoms with Crippen molar-refractivity contribution in [2.24, 2.45) is 0 Å². The van der Waals surface area contributed by atoms with Gasteiger partial charge in [-0.05, 0) is 60.9 Å². The fourth-order valence-corrected chi connectivity index (χ4v) is 4.18. The van der Waals surface area contributed by atoms with Crippen LogP contribution in [0.25, 0.3) is 0 Å². The first-order valence-electron chi connectivity index (χ1n) is 9.94. The summed E-state index contributed by atoms with van der Waals surface area (Å²) in [4.78, 5) is 13.0. The predicted molar refractivity (Wildman–Crippen MR) is 121 cm³/mol. The van der Waals surface area contributed by atoms with E-state index in [1.54, 1.807) is 10.7 Å². The fraction of sp³-hybridized carbons (Fsp3) is 0.304. The van der Waals surface area contributed by atoms with E-state index in [4.69, 9.17) is 5.73 Å². The summed E-state index contributed by atoms with van der Waals surface area (Å²) in [5.74, 6) is -0.730. The van der Waals surface area contributed by atoms with Gasteiger partial charge in [0.2, 0.25) is 0 Å². The summed E-state index contributed by atoms with van der Waals surface area (Å²) in [6.07, 6.45) is 0. The molecule has 0 saturated carbocycles. The second-order valence-corrected chi connectivity index (χ2v) is 10.4. The van der Waals surface area contributed by atoms with E-state index in [9.17, 15) is 13.2 Å². The van der Waals surface area contributed by atoms with Crippen LogP contribution in [0.3, 0.4) is 0 Å². The molecule has 3 aromatic rings. The van der Waals surface area contributed by atoms with Crippen molar-refractivity contribution < 1.29 is 13.2 Å². The SMILES string of the molecule is Cc1cccc(C)c1Cn1nc(C(C)(C)C)cc1C(=O)NS(=O)(=O)c1ccc(N)cc1. The maximum Gasteiger partial charge on any atom is 0.283 e. The third-order valence-electron chi connectivity index (χ3n) is 5.15. The minimum atomic E-state index is -4.05. The Bertz CT molecular complexity index is 1200. The Hall–Kier alpha value is -3.13. The minimum Gasteiger partial charge on any atom is -0.399 e. The summed E-state index contributed by atoms with van der Waals surface area (Å²) in [5.41, 5.74) is 9.84. The summed E-state index contributed by atoms with van der Waals surface area (Å²) in [7, 11) is -4.05. The largest absolute Gasteiger partial charge is 0.399 e. The van der Waals surface area contributed by atoms with Crippen molar-refractivity contribution in [2.75, 3.05) is 5.73 Å². The van der Waals surface area contributed by atoms with Gasteiger partial charge in [0.1, 0.15) is 5.69 Å². The zero-order valence-electron chi connectivity index (χ0n) is 18.4. The number of carbonyl (C=O) groups excluding carboxylic acids is 1. The zero-order valence-corrected chi connectivity index (χ0v) is 19.2. The lowest BCUT2D eigenvalue weighted by Gasteiger charge is -2.15. The standard InChI is InChI=1S/C23H28N4O3S/c1-15-7-6-8-16(2)19(15)14-27-20(13-21(25-27)23(3,4)5)22(28)26-31(29,30)18-11-9-17(24)10-12-18/h6-13H,14,24H2,1-5H3,(H,26,28). The van der Waals surface area contributed by atoms with Gasteiger partial charge >= 0.3 is 0 Å². The monoisotopic (exact) mass is 440 g/mol. The molecule has 31 heavy (non-hydrogen) atoms. The van der Waals surface area contributed by atoms with Crippen LogP contribution >= 0.6 is 0 Å². The summed E-state index contributed by atoms with van der Waals surface area (Å²) in [5, 5.41) is 4.64. The smallest absolute Gasteiger partial charge is 0.283 e. The molecule has 0 atom stereocenters. The molecule has 2 aromatic carbocycles. The molecule has 0 aliphatic heterocycles. The molecule has 0 aliphatic rings. The number of aromatic nitrogens is 2. The van der Waals surface area contributed by atoms with Crippen LogP contribution in [-0.4, -0.2) is 24.1 Å². The van der Waals surface area contributed by atoms with Crippen molar-refractivity contribution in [3.63, 3.8) is 0 Å². The maximum absolute atomic E-state index is 13.0. The number of benzene rings is 2. The highest BCUT2D eigenvalue weighted by Gasteiger charge is 2.26. The van der Waals surface area contributed by atoms with Gasteiger partial charge in [-0.1, -0.05) is 39.0 Å².